The molecule has 0 N–H and O–H groups in total. The first-order chi connectivity index (χ1) is 6.22. The second kappa shape index (κ2) is 4.60. The van der Waals surface area contributed by atoms with Gasteiger partial charge < -0.3 is 0 Å². The summed E-state index contributed by atoms with van der Waals surface area (Å²) in [6, 6.07) is 5.80. The van der Waals surface area contributed by atoms with Crippen molar-refractivity contribution in [2.45, 2.75) is 6.42 Å². The van der Waals surface area contributed by atoms with Crippen molar-refractivity contribution in [2.24, 2.45) is 4.99 Å². The molecule has 0 aromatic heterocycles. The molecule has 0 atom stereocenters. The van der Waals surface area contributed by atoms with Crippen LogP contribution in [0.1, 0.15) is 5.56 Å². The maximum Gasteiger partial charge on any atom is 0.258 e. The molecular weight excluding hydrogens is 189 g/mol. The fraction of sp³-hybridized carbons (Fsp3) is 0.111. The number of thiocarbonyl (C=S) groups is 1. The van der Waals surface area contributed by atoms with E-state index < -0.39 is 5.91 Å². The van der Waals surface area contributed by atoms with Gasteiger partial charge in [-0.1, -0.05) is 12.1 Å². The minimum atomic E-state index is -0.416. The molecule has 13 heavy (non-hydrogen) atoms. The lowest BCUT2D eigenvalue weighted by Crippen LogP contribution is -1.98. The Morgan fingerprint density at radius 3 is 3.00 bits per heavy atom. The number of carbonyl (C=O) groups excluding carboxylic acids is 1. The zero-order valence-electron chi connectivity index (χ0n) is 6.66. The van der Waals surface area contributed by atoms with Crippen LogP contribution in [0.25, 0.3) is 0 Å². The lowest BCUT2D eigenvalue weighted by atomic mass is 10.1. The number of benzene rings is 1. The van der Waals surface area contributed by atoms with E-state index in [9.17, 15) is 9.18 Å². The topological polar surface area (TPSA) is 29.4 Å². The normalized spacial score (nSPS) is 9.00. The molecule has 0 radical (unpaired) electrons. The summed E-state index contributed by atoms with van der Waals surface area (Å²) in [6.07, 6.45) is 0.0569. The van der Waals surface area contributed by atoms with E-state index in [2.05, 4.69) is 17.2 Å². The zero-order chi connectivity index (χ0) is 9.68. The van der Waals surface area contributed by atoms with E-state index in [0.29, 0.717) is 5.56 Å². The molecule has 66 valence electrons. The highest BCUT2D eigenvalue weighted by Crippen LogP contribution is 2.04. The van der Waals surface area contributed by atoms with Crippen molar-refractivity contribution in [3.05, 3.63) is 35.6 Å². The molecule has 1 amide bonds. The predicted molar refractivity (Wildman–Crippen MR) is 50.1 cm³/mol. The molecule has 1 aromatic carbocycles. The van der Waals surface area contributed by atoms with Crippen molar-refractivity contribution in [3.8, 4) is 0 Å². The molecule has 0 bridgehead atoms. The molecule has 0 fully saturated rings. The van der Waals surface area contributed by atoms with Crippen molar-refractivity contribution in [2.75, 3.05) is 0 Å². The van der Waals surface area contributed by atoms with Gasteiger partial charge in [0.2, 0.25) is 0 Å². The quantitative estimate of drug-likeness (QED) is 0.533. The van der Waals surface area contributed by atoms with Gasteiger partial charge in [-0.2, -0.15) is 4.99 Å². The monoisotopic (exact) mass is 195 g/mol. The largest absolute Gasteiger partial charge is 0.271 e. The van der Waals surface area contributed by atoms with E-state index in [1.807, 2.05) is 5.16 Å². The van der Waals surface area contributed by atoms with Crippen LogP contribution in [0.5, 0.6) is 0 Å². The van der Waals surface area contributed by atoms with Gasteiger partial charge >= 0.3 is 0 Å². The van der Waals surface area contributed by atoms with E-state index in [4.69, 9.17) is 0 Å². The Morgan fingerprint density at radius 1 is 1.62 bits per heavy atom. The molecule has 0 spiro atoms. The van der Waals surface area contributed by atoms with Crippen molar-refractivity contribution in [3.63, 3.8) is 0 Å². The summed E-state index contributed by atoms with van der Waals surface area (Å²) in [6.45, 7) is 0. The van der Waals surface area contributed by atoms with Gasteiger partial charge in [0, 0.05) is 0 Å². The highest BCUT2D eigenvalue weighted by Gasteiger charge is 2.01. The molecule has 0 aliphatic rings. The van der Waals surface area contributed by atoms with Gasteiger partial charge in [0.05, 0.1) is 11.6 Å². The van der Waals surface area contributed by atoms with Gasteiger partial charge in [-0.25, -0.2) is 4.39 Å². The first kappa shape index (κ1) is 9.71. The minimum absolute atomic E-state index is 0.0569. The summed E-state index contributed by atoms with van der Waals surface area (Å²) in [5, 5.41) is 1.97. The van der Waals surface area contributed by atoms with Crippen LogP contribution in [0.4, 0.5) is 4.39 Å². The smallest absolute Gasteiger partial charge is 0.258 e. The number of carbonyl (C=O) groups is 1. The Labute approximate surface area is 80.1 Å². The van der Waals surface area contributed by atoms with Crippen LogP contribution in [-0.4, -0.2) is 11.1 Å². The highest BCUT2D eigenvalue weighted by atomic mass is 32.1. The lowest BCUT2D eigenvalue weighted by molar-refractivity contribution is -0.117. The van der Waals surface area contributed by atoms with Crippen LogP contribution in [0, 0.1) is 5.82 Å². The predicted octanol–water partition coefficient (Wildman–Crippen LogP) is 2.00. The molecule has 0 heterocycles. The number of aliphatic imine (C=N–C) groups is 1. The third-order valence-corrected chi connectivity index (χ3v) is 1.51. The maximum absolute atomic E-state index is 12.6. The van der Waals surface area contributed by atoms with Crippen molar-refractivity contribution in [1.82, 2.24) is 0 Å². The summed E-state index contributed by atoms with van der Waals surface area (Å²) >= 11 is 4.26. The van der Waals surface area contributed by atoms with Gasteiger partial charge in [-0.05, 0) is 29.9 Å². The standard InChI is InChI=1S/C9H6FNOS/c10-8-3-1-2-7(4-8)5-9(12)11-6-13/h1-4H,5H2. The molecule has 0 saturated heterocycles. The summed E-state index contributed by atoms with van der Waals surface area (Å²) < 4.78 is 12.6. The third kappa shape index (κ3) is 3.23. The molecule has 2 nitrogen and oxygen atoms in total. The third-order valence-electron chi connectivity index (χ3n) is 1.41. The van der Waals surface area contributed by atoms with Crippen LogP contribution >= 0.6 is 12.2 Å². The van der Waals surface area contributed by atoms with Crippen LogP contribution in [-0.2, 0) is 11.2 Å². The van der Waals surface area contributed by atoms with Gasteiger partial charge in [-0.3, -0.25) is 4.79 Å². The van der Waals surface area contributed by atoms with E-state index in [1.165, 1.54) is 12.1 Å². The molecule has 0 unspecified atom stereocenters. The first-order valence-corrected chi connectivity index (χ1v) is 3.98. The minimum Gasteiger partial charge on any atom is -0.271 e. The first-order valence-electron chi connectivity index (χ1n) is 3.57. The molecule has 0 aliphatic carbocycles. The molecule has 1 rings (SSSR count). The molecule has 0 aliphatic heterocycles. The van der Waals surface area contributed by atoms with Crippen molar-refractivity contribution in [1.29, 1.82) is 0 Å². The second-order valence-electron chi connectivity index (χ2n) is 2.40. The Balaban J connectivity index is 2.74. The van der Waals surface area contributed by atoms with E-state index in [1.54, 1.807) is 12.1 Å². The number of hydrogen-bond acceptors (Lipinski definition) is 2. The van der Waals surface area contributed by atoms with E-state index >= 15 is 0 Å². The van der Waals surface area contributed by atoms with Crippen LogP contribution in [0.2, 0.25) is 0 Å². The average Bonchev–Trinajstić information content (AvgIpc) is 2.04. The Bertz CT molecular complexity index is 372. The van der Waals surface area contributed by atoms with E-state index in [-0.39, 0.29) is 12.2 Å². The Hall–Kier alpha value is -1.38. The fourth-order valence-electron chi connectivity index (χ4n) is 0.912. The van der Waals surface area contributed by atoms with Crippen molar-refractivity contribution >= 4 is 23.3 Å². The molecular formula is C9H6FNOS. The van der Waals surface area contributed by atoms with Gasteiger partial charge in [-0.15, -0.1) is 0 Å². The summed E-state index contributed by atoms with van der Waals surface area (Å²) in [5.74, 6) is -0.780. The van der Waals surface area contributed by atoms with Crippen LogP contribution < -0.4 is 0 Å². The van der Waals surface area contributed by atoms with Gasteiger partial charge in [0.1, 0.15) is 5.82 Å². The summed E-state index contributed by atoms with van der Waals surface area (Å²) in [7, 11) is 0. The number of amides is 1. The Kier molecular flexibility index (Phi) is 3.43. The fourth-order valence-corrected chi connectivity index (χ4v) is 1.01. The van der Waals surface area contributed by atoms with Crippen LogP contribution in [0.15, 0.2) is 29.3 Å². The summed E-state index contributed by atoms with van der Waals surface area (Å²) in [4.78, 5) is 14.2. The second-order valence-corrected chi connectivity index (χ2v) is 2.59. The average molecular weight is 195 g/mol. The van der Waals surface area contributed by atoms with Crippen molar-refractivity contribution < 1.29 is 9.18 Å². The summed E-state index contributed by atoms with van der Waals surface area (Å²) in [5.41, 5.74) is 0.582. The molecule has 1 aromatic rings. The number of nitrogens with zero attached hydrogens (tertiary/aromatic N) is 1. The number of rotatable bonds is 2. The van der Waals surface area contributed by atoms with Gasteiger partial charge in [0.25, 0.3) is 5.91 Å². The Morgan fingerprint density at radius 2 is 2.38 bits per heavy atom. The van der Waals surface area contributed by atoms with Gasteiger partial charge in [0.15, 0.2) is 0 Å². The van der Waals surface area contributed by atoms with E-state index in [0.717, 1.165) is 0 Å². The van der Waals surface area contributed by atoms with Crippen LogP contribution in [0.3, 0.4) is 0 Å². The number of hydrogen-bond donors (Lipinski definition) is 0. The maximum atomic E-state index is 12.6. The molecule has 4 heteroatoms. The number of halogens is 1. The number of isothiocyanates is 1. The zero-order valence-corrected chi connectivity index (χ0v) is 7.47. The highest BCUT2D eigenvalue weighted by molar-refractivity contribution is 7.78. The molecule has 0 saturated carbocycles. The lowest BCUT2D eigenvalue weighted by Gasteiger charge is -1.95. The SMILES string of the molecule is O=C(Cc1cccc(F)c1)N=C=S.